The highest BCUT2D eigenvalue weighted by Crippen LogP contribution is 2.01. The standard InChI is InChI=1S/C9H18N4O3S/c1-4-8(7-10)17(15,16)12-6-5-11-9(14)13(2)3/h8,12H,4-6H2,1-3H3,(H,11,14). The van der Waals surface area contributed by atoms with Gasteiger partial charge < -0.3 is 10.2 Å². The second kappa shape index (κ2) is 7.09. The van der Waals surface area contributed by atoms with Crippen LogP contribution in [-0.2, 0) is 10.0 Å². The molecule has 0 fully saturated rings. The quantitative estimate of drug-likeness (QED) is 0.629. The molecule has 0 radical (unpaired) electrons. The molecular weight excluding hydrogens is 244 g/mol. The summed E-state index contributed by atoms with van der Waals surface area (Å²) < 4.78 is 25.3. The lowest BCUT2D eigenvalue weighted by Gasteiger charge is -2.13. The third-order valence-corrected chi connectivity index (χ3v) is 3.79. The predicted molar refractivity (Wildman–Crippen MR) is 63.7 cm³/mol. The summed E-state index contributed by atoms with van der Waals surface area (Å²) in [6.07, 6.45) is 0.232. The van der Waals surface area contributed by atoms with Crippen LogP contribution in [0, 0.1) is 11.3 Å². The molecule has 0 aromatic rings. The molecule has 98 valence electrons. The average molecular weight is 262 g/mol. The third-order valence-electron chi connectivity index (χ3n) is 2.00. The highest BCUT2D eigenvalue weighted by atomic mass is 32.2. The third kappa shape index (κ3) is 5.51. The van der Waals surface area contributed by atoms with Crippen molar-refractivity contribution in [1.82, 2.24) is 14.9 Å². The second-order valence-corrected chi connectivity index (χ2v) is 5.54. The maximum atomic E-state index is 11.5. The Kier molecular flexibility index (Phi) is 6.53. The van der Waals surface area contributed by atoms with E-state index in [1.165, 1.54) is 4.90 Å². The van der Waals surface area contributed by atoms with Gasteiger partial charge in [-0.1, -0.05) is 6.92 Å². The van der Waals surface area contributed by atoms with Crippen LogP contribution >= 0.6 is 0 Å². The van der Waals surface area contributed by atoms with E-state index in [0.717, 1.165) is 0 Å². The number of urea groups is 1. The minimum absolute atomic E-state index is 0.0695. The van der Waals surface area contributed by atoms with Gasteiger partial charge in [-0.2, -0.15) is 5.26 Å². The Balaban J connectivity index is 4.06. The fraction of sp³-hybridized carbons (Fsp3) is 0.778. The first-order valence-corrected chi connectivity index (χ1v) is 6.73. The number of carbonyl (C=O) groups is 1. The van der Waals surface area contributed by atoms with Crippen LogP contribution < -0.4 is 10.0 Å². The SMILES string of the molecule is CCC(C#N)S(=O)(=O)NCCNC(=O)N(C)C. The number of nitrogens with zero attached hydrogens (tertiary/aromatic N) is 2. The van der Waals surface area contributed by atoms with Gasteiger partial charge in [0.1, 0.15) is 0 Å². The number of sulfonamides is 1. The number of hydrogen-bond donors (Lipinski definition) is 2. The van der Waals surface area contributed by atoms with Gasteiger partial charge in [-0.15, -0.1) is 0 Å². The monoisotopic (exact) mass is 262 g/mol. The average Bonchev–Trinajstić information content (AvgIpc) is 2.25. The smallest absolute Gasteiger partial charge is 0.316 e. The van der Waals surface area contributed by atoms with Gasteiger partial charge in [-0.3, -0.25) is 0 Å². The van der Waals surface area contributed by atoms with Crippen LogP contribution in [0.2, 0.25) is 0 Å². The second-order valence-electron chi connectivity index (χ2n) is 3.59. The van der Waals surface area contributed by atoms with Gasteiger partial charge in [0.2, 0.25) is 10.0 Å². The Morgan fingerprint density at radius 3 is 2.41 bits per heavy atom. The van der Waals surface area contributed by atoms with Gasteiger partial charge >= 0.3 is 6.03 Å². The number of nitrogens with one attached hydrogen (secondary N) is 2. The summed E-state index contributed by atoms with van der Waals surface area (Å²) in [5, 5.41) is 10.1. The van der Waals surface area contributed by atoms with Crippen molar-refractivity contribution in [2.75, 3.05) is 27.2 Å². The summed E-state index contributed by atoms with van der Waals surface area (Å²) in [7, 11) is -0.445. The van der Waals surface area contributed by atoms with Gasteiger partial charge in [-0.25, -0.2) is 17.9 Å². The lowest BCUT2D eigenvalue weighted by molar-refractivity contribution is 0.217. The van der Waals surface area contributed by atoms with Gasteiger partial charge in [0.15, 0.2) is 5.25 Å². The van der Waals surface area contributed by atoms with E-state index in [1.54, 1.807) is 27.1 Å². The molecule has 2 amide bonds. The van der Waals surface area contributed by atoms with E-state index >= 15 is 0 Å². The first kappa shape index (κ1) is 15.7. The molecule has 2 N–H and O–H groups in total. The number of carbonyl (C=O) groups excluding carboxylic acids is 1. The number of amides is 2. The van der Waals surface area contributed by atoms with Crippen LogP contribution in [0.3, 0.4) is 0 Å². The van der Waals surface area contributed by atoms with Crippen molar-refractivity contribution in [3.05, 3.63) is 0 Å². The van der Waals surface area contributed by atoms with Gasteiger partial charge in [-0.05, 0) is 6.42 Å². The highest BCUT2D eigenvalue weighted by molar-refractivity contribution is 7.90. The summed E-state index contributed by atoms with van der Waals surface area (Å²) in [5.41, 5.74) is 0. The molecule has 0 aliphatic rings. The lowest BCUT2D eigenvalue weighted by Crippen LogP contribution is -2.41. The topological polar surface area (TPSA) is 102 Å². The highest BCUT2D eigenvalue weighted by Gasteiger charge is 2.22. The fourth-order valence-corrected chi connectivity index (χ4v) is 2.17. The van der Waals surface area contributed by atoms with Crippen LogP contribution in [0.25, 0.3) is 0 Å². The molecule has 0 bridgehead atoms. The van der Waals surface area contributed by atoms with Crippen molar-refractivity contribution in [3.8, 4) is 6.07 Å². The molecule has 0 rings (SSSR count). The first-order valence-electron chi connectivity index (χ1n) is 5.18. The molecule has 0 aliphatic carbocycles. The molecule has 1 unspecified atom stereocenters. The summed E-state index contributed by atoms with van der Waals surface area (Å²) in [6, 6.07) is 1.42. The van der Waals surface area contributed by atoms with Crippen LogP contribution in [0.5, 0.6) is 0 Å². The zero-order chi connectivity index (χ0) is 13.5. The van der Waals surface area contributed by atoms with Crippen LogP contribution in [0.15, 0.2) is 0 Å². The molecule has 17 heavy (non-hydrogen) atoms. The largest absolute Gasteiger partial charge is 0.337 e. The molecule has 0 aliphatic heterocycles. The van der Waals surface area contributed by atoms with E-state index in [1.807, 2.05) is 0 Å². The fourth-order valence-electron chi connectivity index (χ4n) is 1.00. The minimum Gasteiger partial charge on any atom is -0.337 e. The van der Waals surface area contributed by atoms with E-state index < -0.39 is 15.3 Å². The van der Waals surface area contributed by atoms with E-state index in [9.17, 15) is 13.2 Å². The van der Waals surface area contributed by atoms with Gasteiger partial charge in [0, 0.05) is 27.2 Å². The predicted octanol–water partition coefficient (Wildman–Crippen LogP) is -0.521. The molecule has 1 atom stereocenters. The van der Waals surface area contributed by atoms with E-state index in [-0.39, 0.29) is 25.5 Å². The Bertz CT molecular complexity index is 386. The Labute approximate surface area is 102 Å². The van der Waals surface area contributed by atoms with Crippen LogP contribution in [-0.4, -0.2) is 51.8 Å². The van der Waals surface area contributed by atoms with E-state index in [2.05, 4.69) is 10.0 Å². The number of hydrogen-bond acceptors (Lipinski definition) is 4. The van der Waals surface area contributed by atoms with Gasteiger partial charge in [0.05, 0.1) is 6.07 Å². The maximum Gasteiger partial charge on any atom is 0.316 e. The molecular formula is C9H18N4O3S. The van der Waals surface area contributed by atoms with Crippen molar-refractivity contribution < 1.29 is 13.2 Å². The molecule has 8 heteroatoms. The maximum absolute atomic E-state index is 11.5. The molecule has 0 spiro atoms. The first-order chi connectivity index (χ1) is 7.85. The zero-order valence-corrected chi connectivity index (χ0v) is 11.0. The van der Waals surface area contributed by atoms with Crippen molar-refractivity contribution in [3.63, 3.8) is 0 Å². The Hall–Kier alpha value is -1.33. The van der Waals surface area contributed by atoms with E-state index in [4.69, 9.17) is 5.26 Å². The summed E-state index contributed by atoms with van der Waals surface area (Å²) >= 11 is 0. The number of nitriles is 1. The summed E-state index contributed by atoms with van der Waals surface area (Å²) in [6.45, 7) is 1.87. The Morgan fingerprint density at radius 2 is 2.00 bits per heavy atom. The van der Waals surface area contributed by atoms with E-state index in [0.29, 0.717) is 0 Å². The summed E-state index contributed by atoms with van der Waals surface area (Å²) in [5.74, 6) is 0. The minimum atomic E-state index is -3.62. The Morgan fingerprint density at radius 1 is 1.41 bits per heavy atom. The van der Waals surface area contributed by atoms with Crippen LogP contribution in [0.1, 0.15) is 13.3 Å². The van der Waals surface area contributed by atoms with Crippen LogP contribution in [0.4, 0.5) is 4.79 Å². The molecule has 0 aromatic heterocycles. The van der Waals surface area contributed by atoms with Crippen molar-refractivity contribution in [2.45, 2.75) is 18.6 Å². The molecule has 0 heterocycles. The van der Waals surface area contributed by atoms with Crippen molar-refractivity contribution in [2.24, 2.45) is 0 Å². The molecule has 0 saturated heterocycles. The summed E-state index contributed by atoms with van der Waals surface area (Å²) in [4.78, 5) is 12.4. The molecule has 7 nitrogen and oxygen atoms in total. The molecule has 0 aromatic carbocycles. The van der Waals surface area contributed by atoms with Gasteiger partial charge in [0.25, 0.3) is 0 Å². The normalized spacial score (nSPS) is 12.6. The van der Waals surface area contributed by atoms with Crippen molar-refractivity contribution in [1.29, 1.82) is 5.26 Å². The zero-order valence-electron chi connectivity index (χ0n) is 10.2. The lowest BCUT2D eigenvalue weighted by atomic mass is 10.4. The molecule has 0 saturated carbocycles. The number of rotatable bonds is 6. The van der Waals surface area contributed by atoms with Crippen molar-refractivity contribution >= 4 is 16.1 Å².